The number of carboxylic acid groups (broad SMARTS) is 1. The van der Waals surface area contributed by atoms with E-state index in [0.29, 0.717) is 24.8 Å². The zero-order chi connectivity index (χ0) is 15.0. The molecular weight excluding hydrogens is 270 g/mol. The van der Waals surface area contributed by atoms with E-state index in [1.165, 1.54) is 0 Å². The second-order valence-electron chi connectivity index (χ2n) is 5.53. The Bertz CT molecular complexity index is 666. The molecule has 1 unspecified atom stereocenters. The molecule has 0 amide bonds. The molecule has 1 atom stereocenters. The van der Waals surface area contributed by atoms with Crippen molar-refractivity contribution in [3.05, 3.63) is 41.5 Å². The zero-order valence-corrected chi connectivity index (χ0v) is 12.0. The van der Waals surface area contributed by atoms with E-state index in [9.17, 15) is 9.90 Å². The molecule has 0 saturated carbocycles. The summed E-state index contributed by atoms with van der Waals surface area (Å²) >= 11 is 0. The van der Waals surface area contributed by atoms with Crippen LogP contribution in [0.1, 0.15) is 43.0 Å². The number of anilines is 1. The largest absolute Gasteiger partial charge is 0.481 e. The molecule has 6 nitrogen and oxygen atoms in total. The Balaban J connectivity index is 1.85. The minimum Gasteiger partial charge on any atom is -0.481 e. The van der Waals surface area contributed by atoms with Gasteiger partial charge in [-0.3, -0.25) is 4.79 Å². The van der Waals surface area contributed by atoms with Gasteiger partial charge in [-0.25, -0.2) is 0 Å². The van der Waals surface area contributed by atoms with Gasteiger partial charge >= 0.3 is 5.97 Å². The van der Waals surface area contributed by atoms with Crippen molar-refractivity contribution in [2.45, 2.75) is 32.2 Å². The SMILES string of the molecule is CC(C)c1noc(CN2CC(C(=O)O)c3ccccc32)n1. The van der Waals surface area contributed by atoms with Gasteiger partial charge in [-0.15, -0.1) is 0 Å². The standard InChI is InChI=1S/C15H17N3O3/c1-9(2)14-16-13(21-17-14)8-18-7-11(15(19)20)10-5-3-4-6-12(10)18/h3-6,9,11H,7-8H2,1-2H3,(H,19,20). The molecule has 2 aromatic rings. The minimum atomic E-state index is -0.807. The molecule has 0 aliphatic carbocycles. The summed E-state index contributed by atoms with van der Waals surface area (Å²) in [7, 11) is 0. The van der Waals surface area contributed by atoms with Crippen molar-refractivity contribution in [2.24, 2.45) is 0 Å². The van der Waals surface area contributed by atoms with Crippen molar-refractivity contribution in [3.63, 3.8) is 0 Å². The lowest BCUT2D eigenvalue weighted by molar-refractivity contribution is -0.138. The third-order valence-electron chi connectivity index (χ3n) is 3.68. The van der Waals surface area contributed by atoms with Crippen molar-refractivity contribution < 1.29 is 14.4 Å². The quantitative estimate of drug-likeness (QED) is 0.930. The van der Waals surface area contributed by atoms with Gasteiger partial charge in [-0.2, -0.15) is 4.98 Å². The Kier molecular flexibility index (Phi) is 3.37. The van der Waals surface area contributed by atoms with Crippen molar-refractivity contribution >= 4 is 11.7 Å². The molecule has 110 valence electrons. The van der Waals surface area contributed by atoms with Gasteiger partial charge in [-0.1, -0.05) is 37.2 Å². The molecule has 3 rings (SSSR count). The first-order chi connectivity index (χ1) is 10.1. The lowest BCUT2D eigenvalue weighted by atomic mass is 10.0. The smallest absolute Gasteiger partial charge is 0.312 e. The monoisotopic (exact) mass is 287 g/mol. The van der Waals surface area contributed by atoms with Crippen LogP contribution in [-0.2, 0) is 11.3 Å². The molecule has 0 spiro atoms. The summed E-state index contributed by atoms with van der Waals surface area (Å²) in [6.07, 6.45) is 0. The molecule has 1 aromatic heterocycles. The van der Waals surface area contributed by atoms with Crippen LogP contribution in [0.3, 0.4) is 0 Å². The van der Waals surface area contributed by atoms with Gasteiger partial charge in [0.2, 0.25) is 5.89 Å². The van der Waals surface area contributed by atoms with Gasteiger partial charge in [0.25, 0.3) is 0 Å². The lowest BCUT2D eigenvalue weighted by Crippen LogP contribution is -2.24. The lowest BCUT2D eigenvalue weighted by Gasteiger charge is -2.16. The fourth-order valence-electron chi connectivity index (χ4n) is 2.58. The van der Waals surface area contributed by atoms with Crippen molar-refractivity contribution in [3.8, 4) is 0 Å². The predicted molar refractivity (Wildman–Crippen MR) is 76.3 cm³/mol. The van der Waals surface area contributed by atoms with E-state index >= 15 is 0 Å². The normalized spacial score (nSPS) is 17.3. The highest BCUT2D eigenvalue weighted by Crippen LogP contribution is 2.36. The molecule has 1 aromatic carbocycles. The van der Waals surface area contributed by atoms with Gasteiger partial charge in [-0.05, 0) is 11.6 Å². The van der Waals surface area contributed by atoms with E-state index in [2.05, 4.69) is 10.1 Å². The number of aromatic nitrogens is 2. The van der Waals surface area contributed by atoms with Gasteiger partial charge in [0.15, 0.2) is 5.82 Å². The third kappa shape index (κ3) is 2.49. The molecule has 21 heavy (non-hydrogen) atoms. The Morgan fingerprint density at radius 2 is 2.24 bits per heavy atom. The van der Waals surface area contributed by atoms with Gasteiger partial charge in [0.05, 0.1) is 6.54 Å². The first kappa shape index (κ1) is 13.6. The number of carboxylic acids is 1. The number of aliphatic carboxylic acids is 1. The highest BCUT2D eigenvalue weighted by atomic mass is 16.5. The molecule has 1 aliphatic heterocycles. The average molecular weight is 287 g/mol. The number of hydrogen-bond acceptors (Lipinski definition) is 5. The number of fused-ring (bicyclic) bond motifs is 1. The summed E-state index contributed by atoms with van der Waals surface area (Å²) in [5.74, 6) is 0.0824. The summed E-state index contributed by atoms with van der Waals surface area (Å²) in [6.45, 7) is 4.86. The molecular formula is C15H17N3O3. The zero-order valence-electron chi connectivity index (χ0n) is 12.0. The maximum atomic E-state index is 11.4. The third-order valence-corrected chi connectivity index (χ3v) is 3.68. The maximum Gasteiger partial charge on any atom is 0.312 e. The molecule has 0 bridgehead atoms. The Labute approximate surface area is 122 Å². The van der Waals surface area contributed by atoms with Crippen LogP contribution in [0.25, 0.3) is 0 Å². The van der Waals surface area contributed by atoms with Crippen molar-refractivity contribution in [2.75, 3.05) is 11.4 Å². The van der Waals surface area contributed by atoms with Crippen LogP contribution in [0.2, 0.25) is 0 Å². The number of hydrogen-bond donors (Lipinski definition) is 1. The van der Waals surface area contributed by atoms with Crippen LogP contribution in [-0.4, -0.2) is 27.8 Å². The Hall–Kier alpha value is -2.37. The van der Waals surface area contributed by atoms with Crippen LogP contribution < -0.4 is 4.90 Å². The Morgan fingerprint density at radius 3 is 2.90 bits per heavy atom. The second-order valence-corrected chi connectivity index (χ2v) is 5.53. The maximum absolute atomic E-state index is 11.4. The topological polar surface area (TPSA) is 79.5 Å². The van der Waals surface area contributed by atoms with Crippen molar-refractivity contribution in [1.82, 2.24) is 10.1 Å². The fourth-order valence-corrected chi connectivity index (χ4v) is 2.58. The van der Waals surface area contributed by atoms with Gasteiger partial charge in [0, 0.05) is 18.2 Å². The van der Waals surface area contributed by atoms with Gasteiger partial charge < -0.3 is 14.5 Å². The van der Waals surface area contributed by atoms with E-state index in [1.54, 1.807) is 0 Å². The van der Waals surface area contributed by atoms with E-state index in [0.717, 1.165) is 11.3 Å². The number of rotatable bonds is 4. The number of benzene rings is 1. The van der Waals surface area contributed by atoms with Crippen LogP contribution in [0.4, 0.5) is 5.69 Å². The summed E-state index contributed by atoms with van der Waals surface area (Å²) < 4.78 is 5.25. The molecule has 0 fully saturated rings. The van der Waals surface area contributed by atoms with Gasteiger partial charge in [0.1, 0.15) is 5.92 Å². The molecule has 1 N–H and O–H groups in total. The summed E-state index contributed by atoms with van der Waals surface area (Å²) in [6, 6.07) is 7.56. The first-order valence-electron chi connectivity index (χ1n) is 6.95. The van der Waals surface area contributed by atoms with Crippen molar-refractivity contribution in [1.29, 1.82) is 0 Å². The molecule has 0 radical (unpaired) electrons. The molecule has 2 heterocycles. The molecule has 1 aliphatic rings. The molecule has 0 saturated heterocycles. The van der Waals surface area contributed by atoms with Crippen LogP contribution in [0.5, 0.6) is 0 Å². The predicted octanol–water partition coefficient (Wildman–Crippen LogP) is 2.38. The fraction of sp³-hybridized carbons (Fsp3) is 0.400. The van der Waals surface area contributed by atoms with E-state index in [4.69, 9.17) is 4.52 Å². The highest BCUT2D eigenvalue weighted by Gasteiger charge is 2.33. The van der Waals surface area contributed by atoms with Crippen LogP contribution in [0, 0.1) is 0 Å². The van der Waals surface area contributed by atoms with E-state index < -0.39 is 11.9 Å². The average Bonchev–Trinajstić information content (AvgIpc) is 3.05. The number of nitrogens with zero attached hydrogens (tertiary/aromatic N) is 3. The first-order valence-corrected chi connectivity index (χ1v) is 6.95. The molecule has 6 heteroatoms. The summed E-state index contributed by atoms with van der Waals surface area (Å²) in [5, 5.41) is 13.3. The minimum absolute atomic E-state index is 0.208. The van der Waals surface area contributed by atoms with Crippen LogP contribution >= 0.6 is 0 Å². The van der Waals surface area contributed by atoms with E-state index in [-0.39, 0.29) is 5.92 Å². The Morgan fingerprint density at radius 1 is 1.48 bits per heavy atom. The number of carbonyl (C=O) groups is 1. The second kappa shape index (κ2) is 5.20. The summed E-state index contributed by atoms with van der Waals surface area (Å²) in [4.78, 5) is 17.7. The number of para-hydroxylation sites is 1. The summed E-state index contributed by atoms with van der Waals surface area (Å²) in [5.41, 5.74) is 1.77. The van der Waals surface area contributed by atoms with Crippen LogP contribution in [0.15, 0.2) is 28.8 Å². The van der Waals surface area contributed by atoms with E-state index in [1.807, 2.05) is 43.0 Å². The highest BCUT2D eigenvalue weighted by molar-refractivity contribution is 5.82.